The third-order valence-corrected chi connectivity index (χ3v) is 3.91. The summed E-state index contributed by atoms with van der Waals surface area (Å²) < 4.78 is 27.4. The fourth-order valence-electron chi connectivity index (χ4n) is 2.87. The van der Waals surface area contributed by atoms with Gasteiger partial charge in [-0.15, -0.1) is 0 Å². The number of rotatable bonds is 4. The highest BCUT2D eigenvalue weighted by Crippen LogP contribution is 2.26. The van der Waals surface area contributed by atoms with Gasteiger partial charge in [-0.3, -0.25) is 4.79 Å². The lowest BCUT2D eigenvalue weighted by Crippen LogP contribution is -2.43. The normalized spacial score (nSPS) is 16.0. The number of nitrogen functional groups attached to an aromatic ring is 1. The molecule has 1 amide bonds. The van der Waals surface area contributed by atoms with Gasteiger partial charge in [0.1, 0.15) is 5.82 Å². The molecule has 0 atom stereocenters. The second-order valence-electron chi connectivity index (χ2n) is 5.37. The quantitative estimate of drug-likeness (QED) is 0.838. The van der Waals surface area contributed by atoms with E-state index in [1.54, 1.807) is 0 Å². The summed E-state index contributed by atoms with van der Waals surface area (Å²) in [6.07, 6.45) is 4.73. The third-order valence-electron chi connectivity index (χ3n) is 3.91. The molecule has 1 aromatic carbocycles. The summed E-state index contributed by atoms with van der Waals surface area (Å²) in [5.74, 6) is -2.26. The van der Waals surface area contributed by atoms with Crippen LogP contribution in [0.4, 0.5) is 14.5 Å². The van der Waals surface area contributed by atoms with Crippen LogP contribution in [0.15, 0.2) is 12.1 Å². The minimum Gasteiger partial charge on any atom is -0.396 e. The number of carbonyl (C=O) groups excluding carboxylic acids is 1. The molecule has 6 heteroatoms. The summed E-state index contributed by atoms with van der Waals surface area (Å²) in [6, 6.07) is 1.67. The number of nitrogens with zero attached hydrogens (tertiary/aromatic N) is 1. The molecule has 3 N–H and O–H groups in total. The Kier molecular flexibility index (Phi) is 5.12. The molecular formula is C15H20F2N2O2. The van der Waals surface area contributed by atoms with Gasteiger partial charge in [-0.25, -0.2) is 8.78 Å². The van der Waals surface area contributed by atoms with Gasteiger partial charge in [0.2, 0.25) is 0 Å². The van der Waals surface area contributed by atoms with E-state index in [-0.39, 0.29) is 30.4 Å². The Balaban J connectivity index is 2.29. The van der Waals surface area contributed by atoms with Gasteiger partial charge in [-0.1, -0.05) is 19.3 Å². The Hall–Kier alpha value is -1.69. The van der Waals surface area contributed by atoms with Crippen molar-refractivity contribution in [3.05, 3.63) is 29.3 Å². The molecule has 0 radical (unpaired) electrons. The predicted octanol–water partition coefficient (Wildman–Crippen LogP) is 2.31. The molecule has 1 aliphatic rings. The second-order valence-corrected chi connectivity index (χ2v) is 5.37. The van der Waals surface area contributed by atoms with Gasteiger partial charge in [0.05, 0.1) is 17.9 Å². The number of amides is 1. The van der Waals surface area contributed by atoms with E-state index in [9.17, 15) is 13.6 Å². The first-order chi connectivity index (χ1) is 10.0. The minimum atomic E-state index is -0.903. The van der Waals surface area contributed by atoms with Crippen LogP contribution in [0.25, 0.3) is 0 Å². The molecule has 116 valence electrons. The molecule has 0 spiro atoms. The van der Waals surface area contributed by atoms with Crippen LogP contribution in [0.2, 0.25) is 0 Å². The Morgan fingerprint density at radius 3 is 2.57 bits per heavy atom. The number of halogens is 2. The molecule has 0 bridgehead atoms. The Bertz CT molecular complexity index is 517. The highest BCUT2D eigenvalue weighted by molar-refractivity contribution is 5.95. The van der Waals surface area contributed by atoms with Gasteiger partial charge in [0.15, 0.2) is 5.82 Å². The Morgan fingerprint density at radius 2 is 1.95 bits per heavy atom. The van der Waals surface area contributed by atoms with Crippen LogP contribution in [0, 0.1) is 11.6 Å². The zero-order valence-corrected chi connectivity index (χ0v) is 11.8. The average Bonchev–Trinajstić information content (AvgIpc) is 2.48. The summed E-state index contributed by atoms with van der Waals surface area (Å²) in [7, 11) is 0. The van der Waals surface area contributed by atoms with Gasteiger partial charge in [-0.05, 0) is 25.0 Å². The zero-order chi connectivity index (χ0) is 15.4. The highest BCUT2D eigenvalue weighted by atomic mass is 19.1. The van der Waals surface area contributed by atoms with Crippen molar-refractivity contribution in [2.24, 2.45) is 0 Å². The van der Waals surface area contributed by atoms with Crippen molar-refractivity contribution in [2.75, 3.05) is 18.9 Å². The Morgan fingerprint density at radius 1 is 1.29 bits per heavy atom. The van der Waals surface area contributed by atoms with Crippen LogP contribution in [0.5, 0.6) is 0 Å². The first kappa shape index (κ1) is 15.7. The highest BCUT2D eigenvalue weighted by Gasteiger charge is 2.28. The van der Waals surface area contributed by atoms with Gasteiger partial charge >= 0.3 is 0 Å². The summed E-state index contributed by atoms with van der Waals surface area (Å²) in [5.41, 5.74) is 4.62. The molecule has 0 saturated heterocycles. The van der Waals surface area contributed by atoms with Crippen molar-refractivity contribution >= 4 is 11.6 Å². The molecule has 0 aliphatic heterocycles. The molecule has 1 aromatic rings. The number of carbonyl (C=O) groups is 1. The molecule has 1 fully saturated rings. The fourth-order valence-corrected chi connectivity index (χ4v) is 2.87. The summed E-state index contributed by atoms with van der Waals surface area (Å²) in [4.78, 5) is 14.0. The molecule has 1 saturated carbocycles. The number of hydrogen-bond acceptors (Lipinski definition) is 3. The van der Waals surface area contributed by atoms with Crippen LogP contribution in [-0.4, -0.2) is 35.1 Å². The van der Waals surface area contributed by atoms with E-state index in [1.807, 2.05) is 0 Å². The predicted molar refractivity (Wildman–Crippen MR) is 75.8 cm³/mol. The van der Waals surface area contributed by atoms with Crippen LogP contribution in [0.1, 0.15) is 42.5 Å². The van der Waals surface area contributed by atoms with Crippen molar-refractivity contribution in [3.63, 3.8) is 0 Å². The van der Waals surface area contributed by atoms with E-state index in [0.717, 1.165) is 44.2 Å². The monoisotopic (exact) mass is 298 g/mol. The molecule has 4 nitrogen and oxygen atoms in total. The van der Waals surface area contributed by atoms with Crippen LogP contribution in [-0.2, 0) is 0 Å². The van der Waals surface area contributed by atoms with E-state index in [1.165, 1.54) is 4.90 Å². The minimum absolute atomic E-state index is 0.0395. The van der Waals surface area contributed by atoms with Gasteiger partial charge in [0.25, 0.3) is 5.91 Å². The maximum atomic E-state index is 14.0. The second kappa shape index (κ2) is 6.85. The molecule has 0 aromatic heterocycles. The van der Waals surface area contributed by atoms with E-state index in [2.05, 4.69) is 0 Å². The number of nitrogens with two attached hydrogens (primary N) is 1. The van der Waals surface area contributed by atoms with E-state index in [4.69, 9.17) is 10.8 Å². The first-order valence-corrected chi connectivity index (χ1v) is 7.21. The molecule has 0 unspecified atom stereocenters. The molecule has 1 aliphatic carbocycles. The topological polar surface area (TPSA) is 66.6 Å². The zero-order valence-electron chi connectivity index (χ0n) is 11.8. The number of hydrogen-bond donors (Lipinski definition) is 2. The summed E-state index contributed by atoms with van der Waals surface area (Å²) in [6.45, 7) is -0.103. The smallest absolute Gasteiger partial charge is 0.257 e. The van der Waals surface area contributed by atoms with Crippen LogP contribution < -0.4 is 5.73 Å². The maximum absolute atomic E-state index is 14.0. The van der Waals surface area contributed by atoms with Crippen LogP contribution >= 0.6 is 0 Å². The fraction of sp³-hybridized carbons (Fsp3) is 0.533. The lowest BCUT2D eigenvalue weighted by Gasteiger charge is -2.34. The Labute approximate surface area is 122 Å². The average molecular weight is 298 g/mol. The van der Waals surface area contributed by atoms with E-state index in [0.29, 0.717) is 0 Å². The van der Waals surface area contributed by atoms with Crippen molar-refractivity contribution in [1.29, 1.82) is 0 Å². The molecule has 2 rings (SSSR count). The van der Waals surface area contributed by atoms with Gasteiger partial charge < -0.3 is 15.7 Å². The first-order valence-electron chi connectivity index (χ1n) is 7.21. The van der Waals surface area contributed by atoms with Crippen molar-refractivity contribution in [3.8, 4) is 0 Å². The van der Waals surface area contributed by atoms with Crippen molar-refractivity contribution in [1.82, 2.24) is 4.90 Å². The number of anilines is 1. The summed E-state index contributed by atoms with van der Waals surface area (Å²) in [5, 5.41) is 9.16. The van der Waals surface area contributed by atoms with Crippen molar-refractivity contribution in [2.45, 2.75) is 38.1 Å². The number of aliphatic hydroxyl groups excluding tert-OH is 1. The summed E-state index contributed by atoms with van der Waals surface area (Å²) >= 11 is 0. The number of benzene rings is 1. The SMILES string of the molecule is Nc1cc(F)cc(C(=O)N(CCO)C2CCCCC2)c1F. The van der Waals surface area contributed by atoms with Gasteiger partial charge in [-0.2, -0.15) is 0 Å². The van der Waals surface area contributed by atoms with Gasteiger partial charge in [0, 0.05) is 12.6 Å². The molecule has 21 heavy (non-hydrogen) atoms. The van der Waals surface area contributed by atoms with Crippen molar-refractivity contribution < 1.29 is 18.7 Å². The van der Waals surface area contributed by atoms with E-state index >= 15 is 0 Å². The van der Waals surface area contributed by atoms with Crippen LogP contribution in [0.3, 0.4) is 0 Å². The number of aliphatic hydroxyl groups is 1. The maximum Gasteiger partial charge on any atom is 0.257 e. The molecular weight excluding hydrogens is 278 g/mol. The lowest BCUT2D eigenvalue weighted by atomic mass is 9.93. The standard InChI is InChI=1S/C15H20F2N2O2/c16-10-8-12(14(17)13(18)9-10)15(21)19(6-7-20)11-4-2-1-3-5-11/h8-9,11,20H,1-7,18H2. The molecule has 0 heterocycles. The largest absolute Gasteiger partial charge is 0.396 e. The van der Waals surface area contributed by atoms with E-state index < -0.39 is 17.5 Å². The third kappa shape index (κ3) is 3.50. The lowest BCUT2D eigenvalue weighted by molar-refractivity contribution is 0.0580.